The first-order valence-electron chi connectivity index (χ1n) is 8.35. The number of halogens is 2. The molecule has 1 aliphatic heterocycles. The fourth-order valence-electron chi connectivity index (χ4n) is 3.05. The first kappa shape index (κ1) is 18.3. The quantitative estimate of drug-likeness (QED) is 0.680. The third-order valence-electron chi connectivity index (χ3n) is 4.34. The van der Waals surface area contributed by atoms with Crippen molar-refractivity contribution in [2.75, 3.05) is 19.6 Å². The Morgan fingerprint density at radius 2 is 1.40 bits per heavy atom. The first-order chi connectivity index (χ1) is 12.0. The molecule has 2 aromatic carbocycles. The first-order valence-corrected chi connectivity index (χ1v) is 9.94. The number of Topliss-reactive ketones (excluding diaryl/α,β-unsaturated/α-hetero) is 1. The zero-order valence-electron chi connectivity index (χ0n) is 14.1. The number of hydrogen-bond donors (Lipinski definition) is 1. The van der Waals surface area contributed by atoms with Gasteiger partial charge in [0, 0.05) is 8.95 Å². The lowest BCUT2D eigenvalue weighted by Crippen LogP contribution is -3.13. The number of benzene rings is 2. The summed E-state index contributed by atoms with van der Waals surface area (Å²) in [7, 11) is 0. The summed E-state index contributed by atoms with van der Waals surface area (Å²) >= 11 is 6.99. The van der Waals surface area contributed by atoms with Crippen molar-refractivity contribution in [3.8, 4) is 0 Å². The van der Waals surface area contributed by atoms with E-state index in [1.54, 1.807) is 0 Å². The molecule has 4 heteroatoms. The van der Waals surface area contributed by atoms with Gasteiger partial charge in [0.05, 0.1) is 17.7 Å². The van der Waals surface area contributed by atoms with Crippen molar-refractivity contribution >= 4 is 49.8 Å². The lowest BCUT2D eigenvalue weighted by Gasteiger charge is -2.25. The number of piperidine rings is 1. The van der Waals surface area contributed by atoms with E-state index in [4.69, 9.17) is 0 Å². The second-order valence-electron chi connectivity index (χ2n) is 6.24. The highest BCUT2D eigenvalue weighted by atomic mass is 79.9. The van der Waals surface area contributed by atoms with Gasteiger partial charge in [0.2, 0.25) is 0 Å². The van der Waals surface area contributed by atoms with E-state index in [9.17, 15) is 4.79 Å². The summed E-state index contributed by atoms with van der Waals surface area (Å²) in [5, 5.41) is 0. The zero-order valence-corrected chi connectivity index (χ0v) is 17.2. The minimum Gasteiger partial charge on any atom is -0.327 e. The largest absolute Gasteiger partial charge is 0.327 e. The van der Waals surface area contributed by atoms with Crippen molar-refractivity contribution in [3.63, 3.8) is 0 Å². The molecular formula is C21H20Br2NO+. The van der Waals surface area contributed by atoms with Gasteiger partial charge in [0.15, 0.2) is 5.78 Å². The van der Waals surface area contributed by atoms with Crippen LogP contribution in [-0.4, -0.2) is 25.4 Å². The van der Waals surface area contributed by atoms with E-state index < -0.39 is 0 Å². The smallest absolute Gasteiger partial charge is 0.196 e. The predicted molar refractivity (Wildman–Crippen MR) is 110 cm³/mol. The van der Waals surface area contributed by atoms with E-state index >= 15 is 0 Å². The van der Waals surface area contributed by atoms with Gasteiger partial charge in [-0.3, -0.25) is 4.79 Å². The molecule has 1 N–H and O–H groups in total. The van der Waals surface area contributed by atoms with Crippen LogP contribution < -0.4 is 4.90 Å². The molecular weight excluding hydrogens is 442 g/mol. The lowest BCUT2D eigenvalue weighted by molar-refractivity contribution is -0.889. The van der Waals surface area contributed by atoms with Crippen molar-refractivity contribution in [2.24, 2.45) is 0 Å². The van der Waals surface area contributed by atoms with Gasteiger partial charge >= 0.3 is 0 Å². The van der Waals surface area contributed by atoms with Crippen LogP contribution in [0.2, 0.25) is 0 Å². The molecule has 0 aromatic heterocycles. The third-order valence-corrected chi connectivity index (χ3v) is 5.33. The predicted octanol–water partition coefficient (Wildman–Crippen LogP) is 4.17. The van der Waals surface area contributed by atoms with Gasteiger partial charge in [-0.05, 0) is 54.5 Å². The minimum atomic E-state index is 0.164. The molecule has 0 spiro atoms. The highest BCUT2D eigenvalue weighted by Crippen LogP contribution is 2.19. The topological polar surface area (TPSA) is 21.5 Å². The van der Waals surface area contributed by atoms with Crippen molar-refractivity contribution in [1.29, 1.82) is 0 Å². The zero-order chi connectivity index (χ0) is 17.8. The van der Waals surface area contributed by atoms with Gasteiger partial charge in [-0.2, -0.15) is 0 Å². The van der Waals surface area contributed by atoms with Gasteiger partial charge in [-0.25, -0.2) is 0 Å². The Kier molecular flexibility index (Phi) is 6.05. The number of hydrogen-bond acceptors (Lipinski definition) is 1. The maximum Gasteiger partial charge on any atom is 0.196 e. The number of carbonyl (C=O) groups is 1. The average Bonchev–Trinajstić information content (AvgIpc) is 2.58. The standard InChI is InChI=1S/C21H19Br2NO/c1-2-24-13-17(9-15-5-3-7-19(22)11-15)21(25)18(14-24)10-16-6-4-8-20(23)12-16/h3-12H,2,13-14H2,1H3/p+1/b17-9-,18-10+. The van der Waals surface area contributed by atoms with Crippen molar-refractivity contribution < 1.29 is 9.69 Å². The van der Waals surface area contributed by atoms with E-state index in [-0.39, 0.29) is 5.78 Å². The Balaban J connectivity index is 1.96. The molecule has 1 atom stereocenters. The highest BCUT2D eigenvalue weighted by Gasteiger charge is 2.28. The number of likely N-dealkylation sites (N-methyl/N-ethyl adjacent to an activating group) is 1. The fourth-order valence-corrected chi connectivity index (χ4v) is 3.88. The Morgan fingerprint density at radius 3 is 1.80 bits per heavy atom. The number of carbonyl (C=O) groups excluding carboxylic acids is 1. The van der Waals surface area contributed by atoms with Crippen LogP contribution in [0, 0.1) is 0 Å². The SMILES string of the molecule is CC[NH+]1C/C(=C/c2cccc(Br)c2)C(=O)/C(=C/c2cccc(Br)c2)C1. The van der Waals surface area contributed by atoms with Crippen LogP contribution in [0.5, 0.6) is 0 Å². The maximum atomic E-state index is 13.0. The summed E-state index contributed by atoms with van der Waals surface area (Å²) in [6, 6.07) is 16.1. The molecule has 0 radical (unpaired) electrons. The van der Waals surface area contributed by atoms with E-state index in [0.717, 1.165) is 50.9 Å². The van der Waals surface area contributed by atoms with Gasteiger partial charge < -0.3 is 4.90 Å². The highest BCUT2D eigenvalue weighted by molar-refractivity contribution is 9.10. The number of nitrogens with one attached hydrogen (secondary N) is 1. The minimum absolute atomic E-state index is 0.164. The fraction of sp³-hybridized carbons (Fsp3) is 0.190. The van der Waals surface area contributed by atoms with Gasteiger partial charge in [-0.15, -0.1) is 0 Å². The molecule has 1 unspecified atom stereocenters. The molecule has 1 heterocycles. The van der Waals surface area contributed by atoms with Crippen molar-refractivity contribution in [1.82, 2.24) is 0 Å². The van der Waals surface area contributed by atoms with Crippen molar-refractivity contribution in [2.45, 2.75) is 6.92 Å². The van der Waals surface area contributed by atoms with Crippen LogP contribution in [0.15, 0.2) is 68.6 Å². The molecule has 128 valence electrons. The molecule has 0 saturated carbocycles. The monoisotopic (exact) mass is 460 g/mol. The molecule has 1 saturated heterocycles. The summed E-state index contributed by atoms with van der Waals surface area (Å²) in [6.45, 7) is 4.72. The molecule has 0 bridgehead atoms. The number of quaternary nitrogens is 1. The molecule has 2 nitrogen and oxygen atoms in total. The Labute approximate surface area is 165 Å². The summed E-state index contributed by atoms with van der Waals surface area (Å²) in [6.07, 6.45) is 4.05. The van der Waals surface area contributed by atoms with Gasteiger partial charge in [0.25, 0.3) is 0 Å². The molecule has 1 aliphatic rings. The van der Waals surface area contributed by atoms with E-state index in [1.807, 2.05) is 60.7 Å². The Hall–Kier alpha value is -1.49. The van der Waals surface area contributed by atoms with Crippen LogP contribution in [-0.2, 0) is 4.79 Å². The van der Waals surface area contributed by atoms with E-state index in [0.29, 0.717) is 0 Å². The Morgan fingerprint density at radius 1 is 0.920 bits per heavy atom. The van der Waals surface area contributed by atoms with Crippen LogP contribution >= 0.6 is 31.9 Å². The Bertz CT molecular complexity index is 787. The van der Waals surface area contributed by atoms with E-state index in [1.165, 1.54) is 4.90 Å². The normalized spacial score (nSPS) is 21.1. The van der Waals surface area contributed by atoms with Crippen LogP contribution in [0.25, 0.3) is 12.2 Å². The van der Waals surface area contributed by atoms with Gasteiger partial charge in [-0.1, -0.05) is 56.1 Å². The van der Waals surface area contributed by atoms with E-state index in [2.05, 4.69) is 38.8 Å². The van der Waals surface area contributed by atoms with Crippen LogP contribution in [0.3, 0.4) is 0 Å². The van der Waals surface area contributed by atoms with Gasteiger partial charge in [0.1, 0.15) is 13.1 Å². The summed E-state index contributed by atoms with van der Waals surface area (Å²) in [5.41, 5.74) is 3.86. The summed E-state index contributed by atoms with van der Waals surface area (Å²) < 4.78 is 2.05. The maximum absolute atomic E-state index is 13.0. The third kappa shape index (κ3) is 4.78. The molecule has 1 fully saturated rings. The lowest BCUT2D eigenvalue weighted by atomic mass is 9.94. The summed E-state index contributed by atoms with van der Waals surface area (Å²) in [4.78, 5) is 14.4. The molecule has 0 amide bonds. The number of likely N-dealkylation sites (tertiary alicyclic amines) is 1. The second kappa shape index (κ2) is 8.26. The number of rotatable bonds is 3. The molecule has 3 rings (SSSR count). The molecule has 2 aromatic rings. The van der Waals surface area contributed by atoms with Crippen LogP contribution in [0.1, 0.15) is 18.1 Å². The molecule has 0 aliphatic carbocycles. The molecule has 25 heavy (non-hydrogen) atoms. The number of ketones is 1. The van der Waals surface area contributed by atoms with Crippen LogP contribution in [0.4, 0.5) is 0 Å². The summed E-state index contributed by atoms with van der Waals surface area (Å²) in [5.74, 6) is 0.164. The second-order valence-corrected chi connectivity index (χ2v) is 8.07. The average molecular weight is 462 g/mol. The van der Waals surface area contributed by atoms with Crippen molar-refractivity contribution in [3.05, 3.63) is 79.7 Å².